The van der Waals surface area contributed by atoms with E-state index < -0.39 is 0 Å². The average molecular weight is 464 g/mol. The van der Waals surface area contributed by atoms with E-state index in [1.807, 2.05) is 66.2 Å². The van der Waals surface area contributed by atoms with Gasteiger partial charge < -0.3 is 15.0 Å². The fraction of sp³-hybridized carbons (Fsp3) is 0.250. The number of esters is 1. The Morgan fingerprint density at radius 1 is 1.12 bits per heavy atom. The second-order valence-corrected chi connectivity index (χ2v) is 8.44. The molecule has 0 aliphatic rings. The molecule has 0 atom stereocenters. The van der Waals surface area contributed by atoms with Crippen molar-refractivity contribution in [2.75, 3.05) is 19.4 Å². The molecule has 0 unspecified atom stereocenters. The number of rotatable bonds is 9. The summed E-state index contributed by atoms with van der Waals surface area (Å²) in [5.74, 6) is 0.492. The molecular weight excluding hydrogens is 438 g/mol. The lowest BCUT2D eigenvalue weighted by atomic mass is 10.1. The van der Waals surface area contributed by atoms with E-state index in [-0.39, 0.29) is 24.1 Å². The number of nitrogens with one attached hydrogen (secondary N) is 2. The van der Waals surface area contributed by atoms with Crippen LogP contribution in [0.3, 0.4) is 0 Å². The number of para-hydroxylation sites is 2. The van der Waals surface area contributed by atoms with Gasteiger partial charge in [-0.15, -0.1) is 10.2 Å². The number of nitrogens with zero attached hydrogens (tertiary/aromatic N) is 3. The summed E-state index contributed by atoms with van der Waals surface area (Å²) in [5.41, 5.74) is 4.00. The summed E-state index contributed by atoms with van der Waals surface area (Å²) in [7, 11) is 1.35. The van der Waals surface area contributed by atoms with Crippen LogP contribution in [0, 0.1) is 6.92 Å². The highest BCUT2D eigenvalue weighted by atomic mass is 32.2. The first kappa shape index (κ1) is 22.6. The molecule has 2 N–H and O–H groups in total. The fourth-order valence-corrected chi connectivity index (χ4v) is 4.34. The number of fused-ring (bicyclic) bond motifs is 1. The van der Waals surface area contributed by atoms with Crippen molar-refractivity contribution in [2.24, 2.45) is 0 Å². The molecule has 0 radical (unpaired) electrons. The van der Waals surface area contributed by atoms with E-state index in [0.717, 1.165) is 27.7 Å². The van der Waals surface area contributed by atoms with Gasteiger partial charge in [0.2, 0.25) is 5.91 Å². The van der Waals surface area contributed by atoms with Gasteiger partial charge in [-0.05, 0) is 31.0 Å². The highest BCUT2D eigenvalue weighted by molar-refractivity contribution is 7.99. The van der Waals surface area contributed by atoms with E-state index in [1.54, 1.807) is 0 Å². The molecule has 0 aliphatic carbocycles. The molecule has 4 rings (SSSR count). The molecule has 9 heteroatoms. The summed E-state index contributed by atoms with van der Waals surface area (Å²) in [6, 6.07) is 16.1. The Morgan fingerprint density at radius 2 is 1.91 bits per heavy atom. The van der Waals surface area contributed by atoms with Crippen LogP contribution in [0.15, 0.2) is 59.9 Å². The standard InChI is InChI=1S/C24H25N5O3S/c1-16-8-3-6-11-20(16)29-23(18-14-26-19-10-5-4-9-17(18)19)27-28-24(29)33-15-21(30)25-13-7-12-22(31)32-2/h3-6,8-11,14,26H,7,12-13,15H2,1-2H3,(H,25,30). The van der Waals surface area contributed by atoms with Gasteiger partial charge in [-0.25, -0.2) is 0 Å². The largest absolute Gasteiger partial charge is 0.469 e. The molecule has 0 bridgehead atoms. The maximum absolute atomic E-state index is 12.3. The monoisotopic (exact) mass is 463 g/mol. The molecule has 33 heavy (non-hydrogen) atoms. The van der Waals surface area contributed by atoms with Crippen LogP contribution in [0.25, 0.3) is 28.0 Å². The van der Waals surface area contributed by atoms with E-state index in [9.17, 15) is 9.59 Å². The molecule has 170 valence electrons. The lowest BCUT2D eigenvalue weighted by Gasteiger charge is -2.12. The number of hydrogen-bond acceptors (Lipinski definition) is 6. The van der Waals surface area contributed by atoms with Gasteiger partial charge in [0.05, 0.1) is 18.6 Å². The van der Waals surface area contributed by atoms with Crippen molar-refractivity contribution in [2.45, 2.75) is 24.9 Å². The third-order valence-corrected chi connectivity index (χ3v) is 6.19. The minimum absolute atomic E-state index is 0.127. The Kier molecular flexibility index (Phi) is 7.09. The molecular formula is C24H25N5O3S. The number of carbonyl (C=O) groups excluding carboxylic acids is 2. The number of aromatic nitrogens is 4. The van der Waals surface area contributed by atoms with E-state index in [4.69, 9.17) is 0 Å². The van der Waals surface area contributed by atoms with Crippen LogP contribution in [0.5, 0.6) is 0 Å². The molecule has 2 heterocycles. The lowest BCUT2D eigenvalue weighted by Crippen LogP contribution is -2.26. The molecule has 1 amide bonds. The average Bonchev–Trinajstić information content (AvgIpc) is 3.44. The van der Waals surface area contributed by atoms with Gasteiger partial charge in [0, 0.05) is 35.6 Å². The highest BCUT2D eigenvalue weighted by Gasteiger charge is 2.20. The number of benzene rings is 2. The predicted octanol–water partition coefficient (Wildman–Crippen LogP) is 3.89. The molecule has 0 spiro atoms. The van der Waals surface area contributed by atoms with Crippen LogP contribution in [0.2, 0.25) is 0 Å². The van der Waals surface area contributed by atoms with Crippen LogP contribution in [-0.2, 0) is 14.3 Å². The first-order valence-electron chi connectivity index (χ1n) is 10.6. The van der Waals surface area contributed by atoms with Gasteiger partial charge in [-0.2, -0.15) is 0 Å². The minimum Gasteiger partial charge on any atom is -0.469 e. The van der Waals surface area contributed by atoms with E-state index in [1.165, 1.54) is 18.9 Å². The van der Waals surface area contributed by atoms with E-state index >= 15 is 0 Å². The van der Waals surface area contributed by atoms with E-state index in [2.05, 4.69) is 25.2 Å². The van der Waals surface area contributed by atoms with Crippen LogP contribution in [0.1, 0.15) is 18.4 Å². The number of ether oxygens (including phenoxy) is 1. The molecule has 0 fully saturated rings. The minimum atomic E-state index is -0.283. The van der Waals surface area contributed by atoms with Crippen molar-refractivity contribution >= 4 is 34.5 Å². The summed E-state index contributed by atoms with van der Waals surface area (Å²) in [5, 5.41) is 13.4. The number of thioether (sulfide) groups is 1. The maximum Gasteiger partial charge on any atom is 0.305 e. The number of H-pyrrole nitrogens is 1. The SMILES string of the molecule is COC(=O)CCCNC(=O)CSc1nnc(-c2c[nH]c3ccccc23)n1-c1ccccc1C. The number of methoxy groups -OCH3 is 1. The Labute approximate surface area is 195 Å². The van der Waals surface area contributed by atoms with E-state index in [0.29, 0.717) is 23.9 Å². The van der Waals surface area contributed by atoms with Crippen molar-refractivity contribution < 1.29 is 14.3 Å². The molecule has 2 aromatic heterocycles. The number of carbonyl (C=O) groups is 2. The topological polar surface area (TPSA) is 102 Å². The Hall–Kier alpha value is -3.59. The van der Waals surface area contributed by atoms with Crippen LogP contribution in [-0.4, -0.2) is 51.0 Å². The summed E-state index contributed by atoms with van der Waals surface area (Å²) in [6.45, 7) is 2.45. The lowest BCUT2D eigenvalue weighted by molar-refractivity contribution is -0.140. The van der Waals surface area contributed by atoms with Crippen LogP contribution in [0.4, 0.5) is 0 Å². The smallest absolute Gasteiger partial charge is 0.305 e. The van der Waals surface area contributed by atoms with Crippen molar-refractivity contribution in [3.8, 4) is 17.1 Å². The number of amides is 1. The maximum atomic E-state index is 12.3. The molecule has 4 aromatic rings. The zero-order valence-corrected chi connectivity index (χ0v) is 19.3. The molecule has 0 saturated heterocycles. The fourth-order valence-electron chi connectivity index (χ4n) is 3.57. The Bertz CT molecular complexity index is 1280. The van der Waals surface area contributed by atoms with Gasteiger partial charge in [0.1, 0.15) is 0 Å². The van der Waals surface area contributed by atoms with Gasteiger partial charge in [-0.3, -0.25) is 14.2 Å². The van der Waals surface area contributed by atoms with Gasteiger partial charge in [-0.1, -0.05) is 48.2 Å². The Balaban J connectivity index is 1.57. The number of hydrogen-bond donors (Lipinski definition) is 2. The van der Waals surface area contributed by atoms with Crippen molar-refractivity contribution in [1.29, 1.82) is 0 Å². The summed E-state index contributed by atoms with van der Waals surface area (Å²) < 4.78 is 6.61. The summed E-state index contributed by atoms with van der Waals surface area (Å²) in [4.78, 5) is 26.8. The second kappa shape index (κ2) is 10.4. The summed E-state index contributed by atoms with van der Waals surface area (Å²) in [6.07, 6.45) is 2.75. The summed E-state index contributed by atoms with van der Waals surface area (Å²) >= 11 is 1.33. The number of aryl methyl sites for hydroxylation is 1. The highest BCUT2D eigenvalue weighted by Crippen LogP contribution is 2.33. The van der Waals surface area contributed by atoms with Gasteiger partial charge >= 0.3 is 5.97 Å². The first-order chi connectivity index (χ1) is 16.1. The number of aromatic amines is 1. The third-order valence-electron chi connectivity index (χ3n) is 5.26. The predicted molar refractivity (Wildman–Crippen MR) is 128 cm³/mol. The molecule has 0 saturated carbocycles. The van der Waals surface area contributed by atoms with Gasteiger partial charge in [0.15, 0.2) is 11.0 Å². The normalized spacial score (nSPS) is 11.0. The zero-order valence-electron chi connectivity index (χ0n) is 18.5. The van der Waals surface area contributed by atoms with Gasteiger partial charge in [0.25, 0.3) is 0 Å². The molecule has 0 aliphatic heterocycles. The second-order valence-electron chi connectivity index (χ2n) is 7.49. The first-order valence-corrected chi connectivity index (χ1v) is 11.6. The van der Waals surface area contributed by atoms with Crippen LogP contribution < -0.4 is 5.32 Å². The van der Waals surface area contributed by atoms with Crippen molar-refractivity contribution in [3.05, 3.63) is 60.3 Å². The zero-order chi connectivity index (χ0) is 23.2. The third kappa shape index (κ3) is 5.09. The quantitative estimate of drug-likeness (QED) is 0.222. The molecule has 8 nitrogen and oxygen atoms in total. The van der Waals surface area contributed by atoms with Crippen molar-refractivity contribution in [1.82, 2.24) is 25.1 Å². The Morgan fingerprint density at radius 3 is 2.73 bits per heavy atom. The van der Waals surface area contributed by atoms with Crippen LogP contribution >= 0.6 is 11.8 Å². The molecule has 2 aromatic carbocycles. The van der Waals surface area contributed by atoms with Crippen molar-refractivity contribution in [3.63, 3.8) is 0 Å².